The number of piperazine rings is 1. The summed E-state index contributed by atoms with van der Waals surface area (Å²) in [6.45, 7) is 4.99. The van der Waals surface area contributed by atoms with Crippen LogP contribution in [-0.2, 0) is 21.1 Å². The molecule has 0 spiro atoms. The van der Waals surface area contributed by atoms with Gasteiger partial charge in [0.1, 0.15) is 0 Å². The van der Waals surface area contributed by atoms with Crippen LogP contribution in [0.25, 0.3) is 0 Å². The number of hydrogen-bond acceptors (Lipinski definition) is 5. The number of thiophene rings is 1. The van der Waals surface area contributed by atoms with Crippen LogP contribution in [0, 0.1) is 13.8 Å². The summed E-state index contributed by atoms with van der Waals surface area (Å²) < 4.78 is 24.9. The molecule has 144 valence electrons. The molecule has 1 aromatic heterocycles. The third kappa shape index (κ3) is 3.81. The van der Waals surface area contributed by atoms with Gasteiger partial charge < -0.3 is 4.90 Å². The Kier molecular flexibility index (Phi) is 4.86. The first-order chi connectivity index (χ1) is 12.8. The molecule has 2 aliphatic rings. The monoisotopic (exact) mass is 404 g/mol. The van der Waals surface area contributed by atoms with Gasteiger partial charge in [-0.2, -0.15) is 0 Å². The number of nitrogens with zero attached hydrogens (tertiary/aromatic N) is 2. The fraction of sp³-hybridized carbons (Fsp3) is 0.450. The number of sulfone groups is 1. The highest BCUT2D eigenvalue weighted by Crippen LogP contribution is 2.32. The Morgan fingerprint density at radius 1 is 1.11 bits per heavy atom. The number of aryl methyl sites for hydroxylation is 2. The molecular weight excluding hydrogens is 380 g/mol. The maximum absolute atomic E-state index is 13.0. The molecule has 1 amide bonds. The number of hydrogen-bond donors (Lipinski definition) is 0. The Hall–Kier alpha value is -1.70. The minimum Gasteiger partial charge on any atom is -0.306 e. The molecule has 27 heavy (non-hydrogen) atoms. The van der Waals surface area contributed by atoms with E-state index >= 15 is 0 Å². The van der Waals surface area contributed by atoms with Gasteiger partial charge in [-0.15, -0.1) is 11.3 Å². The van der Waals surface area contributed by atoms with Crippen LogP contribution < -0.4 is 4.90 Å². The van der Waals surface area contributed by atoms with Crippen molar-refractivity contribution in [3.05, 3.63) is 51.7 Å². The molecule has 0 bridgehead atoms. The Bertz CT molecular complexity index is 933. The normalized spacial score (nSPS) is 25.0. The first-order valence-electron chi connectivity index (χ1n) is 9.20. The molecule has 2 aromatic rings. The fourth-order valence-electron chi connectivity index (χ4n) is 4.34. The van der Waals surface area contributed by atoms with E-state index in [0.29, 0.717) is 6.54 Å². The number of rotatable bonds is 4. The van der Waals surface area contributed by atoms with Crippen molar-refractivity contribution >= 4 is 32.8 Å². The van der Waals surface area contributed by atoms with E-state index in [0.717, 1.165) is 23.2 Å². The predicted octanol–water partition coefficient (Wildman–Crippen LogP) is 2.42. The van der Waals surface area contributed by atoms with E-state index in [4.69, 9.17) is 0 Å². The number of fused-ring (bicyclic) bond motifs is 1. The van der Waals surface area contributed by atoms with E-state index < -0.39 is 9.84 Å². The van der Waals surface area contributed by atoms with Gasteiger partial charge in [0.25, 0.3) is 0 Å². The van der Waals surface area contributed by atoms with Gasteiger partial charge in [-0.25, -0.2) is 8.42 Å². The van der Waals surface area contributed by atoms with Crippen molar-refractivity contribution in [2.24, 2.45) is 0 Å². The molecule has 5 nitrogen and oxygen atoms in total. The summed E-state index contributed by atoms with van der Waals surface area (Å²) in [5.74, 6) is 0.173. The summed E-state index contributed by atoms with van der Waals surface area (Å²) in [7, 11) is -3.15. The van der Waals surface area contributed by atoms with Crippen LogP contribution in [-0.4, -0.2) is 55.9 Å². The molecule has 0 unspecified atom stereocenters. The second-order valence-corrected chi connectivity index (χ2v) is 10.8. The van der Waals surface area contributed by atoms with Crippen LogP contribution in [0.1, 0.15) is 16.0 Å². The zero-order valence-electron chi connectivity index (χ0n) is 15.6. The highest BCUT2D eigenvalue weighted by molar-refractivity contribution is 7.91. The van der Waals surface area contributed by atoms with E-state index in [1.54, 1.807) is 16.2 Å². The summed E-state index contributed by atoms with van der Waals surface area (Å²) in [6, 6.07) is 9.69. The quantitative estimate of drug-likeness (QED) is 0.785. The number of anilines is 1. The Morgan fingerprint density at radius 3 is 2.48 bits per heavy atom. The summed E-state index contributed by atoms with van der Waals surface area (Å²) in [6.07, 6.45) is 0.845. The van der Waals surface area contributed by atoms with Gasteiger partial charge in [0.05, 0.1) is 24.1 Å². The zero-order chi connectivity index (χ0) is 19.2. The standard InChI is InChI=1S/C20H24N2O3S2/c1-14-8-15(2)10-16(9-14)22-19-13-27(24,25)12-18(19)21(11-20(22)23)6-5-17-4-3-7-26-17/h3-4,7-10,18-19H,5-6,11-13H2,1-2H3/t18-,19+/m0/s1. The van der Waals surface area contributed by atoms with Gasteiger partial charge in [0.2, 0.25) is 5.91 Å². The van der Waals surface area contributed by atoms with Crippen molar-refractivity contribution in [2.75, 3.05) is 29.5 Å². The maximum atomic E-state index is 13.0. The van der Waals surface area contributed by atoms with Crippen molar-refractivity contribution in [3.63, 3.8) is 0 Å². The molecule has 2 saturated heterocycles. The second kappa shape index (κ2) is 7.04. The maximum Gasteiger partial charge on any atom is 0.241 e. The largest absolute Gasteiger partial charge is 0.306 e. The average molecular weight is 405 g/mol. The second-order valence-electron chi connectivity index (χ2n) is 7.62. The molecule has 4 rings (SSSR count). The fourth-order valence-corrected chi connectivity index (χ4v) is 7.02. The molecule has 0 saturated carbocycles. The molecule has 0 aliphatic carbocycles. The highest BCUT2D eigenvalue weighted by Gasteiger charge is 2.49. The number of amides is 1. The van der Waals surface area contributed by atoms with E-state index in [2.05, 4.69) is 17.0 Å². The smallest absolute Gasteiger partial charge is 0.241 e. The van der Waals surface area contributed by atoms with Gasteiger partial charge in [0, 0.05) is 23.2 Å². The first-order valence-corrected chi connectivity index (χ1v) is 11.9. The molecule has 2 fully saturated rings. The van der Waals surface area contributed by atoms with Crippen LogP contribution in [0.4, 0.5) is 5.69 Å². The third-order valence-corrected chi connectivity index (χ3v) is 8.05. The van der Waals surface area contributed by atoms with Crippen molar-refractivity contribution < 1.29 is 13.2 Å². The van der Waals surface area contributed by atoms with Crippen molar-refractivity contribution in [1.29, 1.82) is 0 Å². The summed E-state index contributed by atoms with van der Waals surface area (Å²) in [5, 5.41) is 2.04. The zero-order valence-corrected chi connectivity index (χ0v) is 17.2. The molecule has 2 aliphatic heterocycles. The number of carbonyl (C=O) groups excluding carboxylic acids is 1. The Morgan fingerprint density at radius 2 is 1.81 bits per heavy atom. The predicted molar refractivity (Wildman–Crippen MR) is 109 cm³/mol. The van der Waals surface area contributed by atoms with Crippen molar-refractivity contribution in [3.8, 4) is 0 Å². The van der Waals surface area contributed by atoms with E-state index in [9.17, 15) is 13.2 Å². The SMILES string of the molecule is Cc1cc(C)cc(N2C(=O)CN(CCc3cccs3)[C@H]3CS(=O)(=O)C[C@H]32)c1. The molecular formula is C20H24N2O3S2. The van der Waals surface area contributed by atoms with Crippen molar-refractivity contribution in [2.45, 2.75) is 32.4 Å². The van der Waals surface area contributed by atoms with Crippen LogP contribution in [0.5, 0.6) is 0 Å². The minimum atomic E-state index is -3.15. The van der Waals surface area contributed by atoms with E-state index in [-0.39, 0.29) is 36.0 Å². The topological polar surface area (TPSA) is 57.7 Å². The first kappa shape index (κ1) is 18.7. The third-order valence-electron chi connectivity index (χ3n) is 5.41. The van der Waals surface area contributed by atoms with Gasteiger partial charge in [-0.3, -0.25) is 9.69 Å². The molecule has 1 aromatic carbocycles. The number of benzene rings is 1. The molecule has 0 radical (unpaired) electrons. The van der Waals surface area contributed by atoms with Crippen LogP contribution >= 0.6 is 11.3 Å². The minimum absolute atomic E-state index is 0.00969. The number of carbonyl (C=O) groups is 1. The lowest BCUT2D eigenvalue weighted by atomic mass is 10.0. The lowest BCUT2D eigenvalue weighted by Crippen LogP contribution is -2.62. The highest BCUT2D eigenvalue weighted by atomic mass is 32.2. The Balaban J connectivity index is 1.63. The van der Waals surface area contributed by atoms with E-state index in [1.165, 1.54) is 4.88 Å². The van der Waals surface area contributed by atoms with E-state index in [1.807, 2.05) is 37.4 Å². The van der Waals surface area contributed by atoms with Gasteiger partial charge in [0.15, 0.2) is 9.84 Å². The summed E-state index contributed by atoms with van der Waals surface area (Å²) >= 11 is 1.70. The van der Waals surface area contributed by atoms with Gasteiger partial charge in [-0.05, 0) is 55.0 Å². The molecule has 0 N–H and O–H groups in total. The van der Waals surface area contributed by atoms with Gasteiger partial charge in [-0.1, -0.05) is 12.1 Å². The van der Waals surface area contributed by atoms with Crippen LogP contribution in [0.3, 0.4) is 0 Å². The average Bonchev–Trinajstić information content (AvgIpc) is 3.18. The van der Waals surface area contributed by atoms with Crippen LogP contribution in [0.2, 0.25) is 0 Å². The summed E-state index contributed by atoms with van der Waals surface area (Å²) in [4.78, 5) is 18.1. The summed E-state index contributed by atoms with van der Waals surface area (Å²) in [5.41, 5.74) is 2.98. The van der Waals surface area contributed by atoms with Gasteiger partial charge >= 0.3 is 0 Å². The van der Waals surface area contributed by atoms with Crippen LogP contribution in [0.15, 0.2) is 35.7 Å². The lowest BCUT2D eigenvalue weighted by molar-refractivity contribution is -0.123. The Labute approximate surface area is 164 Å². The van der Waals surface area contributed by atoms with Crippen molar-refractivity contribution in [1.82, 2.24) is 4.90 Å². The molecule has 3 heterocycles. The molecule has 7 heteroatoms. The lowest BCUT2D eigenvalue weighted by Gasteiger charge is -2.43. The molecule has 2 atom stereocenters.